The SMILES string of the molecule is CN(Cc1ccsc1)C(=O)CCC(C)(C)N. The van der Waals surface area contributed by atoms with Crippen molar-refractivity contribution in [1.82, 2.24) is 4.90 Å². The first-order valence-corrected chi connectivity index (χ1v) is 6.37. The van der Waals surface area contributed by atoms with Crippen molar-refractivity contribution in [3.8, 4) is 0 Å². The van der Waals surface area contributed by atoms with Crippen molar-refractivity contribution in [3.05, 3.63) is 22.4 Å². The highest BCUT2D eigenvalue weighted by Crippen LogP contribution is 2.12. The number of hydrogen-bond donors (Lipinski definition) is 1. The van der Waals surface area contributed by atoms with Gasteiger partial charge in [0, 0.05) is 25.6 Å². The maximum Gasteiger partial charge on any atom is 0.222 e. The van der Waals surface area contributed by atoms with E-state index in [0.717, 1.165) is 6.42 Å². The molecule has 1 heterocycles. The van der Waals surface area contributed by atoms with Gasteiger partial charge in [-0.3, -0.25) is 4.79 Å². The number of nitrogens with two attached hydrogens (primary N) is 1. The number of carbonyl (C=O) groups excluding carboxylic acids is 1. The Morgan fingerprint density at radius 2 is 2.25 bits per heavy atom. The van der Waals surface area contributed by atoms with E-state index in [2.05, 4.69) is 5.38 Å². The normalized spacial score (nSPS) is 11.5. The second-order valence-corrected chi connectivity index (χ2v) is 5.65. The van der Waals surface area contributed by atoms with E-state index in [1.165, 1.54) is 5.56 Å². The number of carbonyl (C=O) groups is 1. The fourth-order valence-corrected chi connectivity index (χ4v) is 2.02. The molecule has 1 aromatic heterocycles. The molecule has 0 unspecified atom stereocenters. The fourth-order valence-electron chi connectivity index (χ4n) is 1.36. The van der Waals surface area contributed by atoms with Gasteiger partial charge in [0.05, 0.1) is 0 Å². The Labute approximate surface area is 101 Å². The second kappa shape index (κ2) is 5.46. The lowest BCUT2D eigenvalue weighted by Gasteiger charge is -2.21. The number of nitrogens with zero attached hydrogens (tertiary/aromatic N) is 1. The molecule has 2 N–H and O–H groups in total. The van der Waals surface area contributed by atoms with Gasteiger partial charge in [-0.15, -0.1) is 0 Å². The van der Waals surface area contributed by atoms with Gasteiger partial charge in [0.15, 0.2) is 0 Å². The molecule has 0 aromatic carbocycles. The molecule has 0 saturated heterocycles. The molecule has 1 rings (SSSR count). The van der Waals surface area contributed by atoms with E-state index in [1.54, 1.807) is 16.2 Å². The minimum atomic E-state index is -0.265. The fraction of sp³-hybridized carbons (Fsp3) is 0.583. The standard InChI is InChI=1S/C12H20N2OS/c1-12(2,13)6-4-11(15)14(3)8-10-5-7-16-9-10/h5,7,9H,4,6,8,13H2,1-3H3. The van der Waals surface area contributed by atoms with Crippen molar-refractivity contribution in [2.45, 2.75) is 38.8 Å². The van der Waals surface area contributed by atoms with Gasteiger partial charge in [-0.1, -0.05) is 0 Å². The summed E-state index contributed by atoms with van der Waals surface area (Å²) in [7, 11) is 1.84. The number of rotatable bonds is 5. The van der Waals surface area contributed by atoms with Crippen LogP contribution in [0.3, 0.4) is 0 Å². The average Bonchev–Trinajstić information content (AvgIpc) is 2.65. The smallest absolute Gasteiger partial charge is 0.222 e. The Morgan fingerprint density at radius 1 is 1.56 bits per heavy atom. The van der Waals surface area contributed by atoms with Crippen molar-refractivity contribution in [1.29, 1.82) is 0 Å². The molecule has 0 saturated carbocycles. The highest BCUT2D eigenvalue weighted by molar-refractivity contribution is 7.07. The molecular weight excluding hydrogens is 220 g/mol. The highest BCUT2D eigenvalue weighted by Gasteiger charge is 2.15. The van der Waals surface area contributed by atoms with E-state index >= 15 is 0 Å². The van der Waals surface area contributed by atoms with E-state index in [1.807, 2.05) is 32.3 Å². The summed E-state index contributed by atoms with van der Waals surface area (Å²) in [6.45, 7) is 4.58. The van der Waals surface area contributed by atoms with Gasteiger partial charge in [0.1, 0.15) is 0 Å². The van der Waals surface area contributed by atoms with Crippen LogP contribution in [0.15, 0.2) is 16.8 Å². The molecule has 90 valence electrons. The van der Waals surface area contributed by atoms with E-state index < -0.39 is 0 Å². The van der Waals surface area contributed by atoms with Gasteiger partial charge in [0.2, 0.25) is 5.91 Å². The predicted molar refractivity (Wildman–Crippen MR) is 68.3 cm³/mol. The first-order valence-electron chi connectivity index (χ1n) is 5.42. The lowest BCUT2D eigenvalue weighted by molar-refractivity contribution is -0.130. The third-order valence-electron chi connectivity index (χ3n) is 2.41. The summed E-state index contributed by atoms with van der Waals surface area (Å²) in [5.74, 6) is 0.157. The first kappa shape index (κ1) is 13.2. The minimum Gasteiger partial charge on any atom is -0.341 e. The van der Waals surface area contributed by atoms with Crippen LogP contribution in [0.5, 0.6) is 0 Å². The zero-order chi connectivity index (χ0) is 12.2. The topological polar surface area (TPSA) is 46.3 Å². The first-order chi connectivity index (χ1) is 7.38. The lowest BCUT2D eigenvalue weighted by Crippen LogP contribution is -2.34. The zero-order valence-electron chi connectivity index (χ0n) is 10.2. The molecule has 0 atom stereocenters. The summed E-state index contributed by atoms with van der Waals surface area (Å²) < 4.78 is 0. The van der Waals surface area contributed by atoms with Crippen LogP contribution in [0, 0.1) is 0 Å². The molecule has 1 amide bonds. The predicted octanol–water partition coefficient (Wildman–Crippen LogP) is 2.22. The van der Waals surface area contributed by atoms with Crippen molar-refractivity contribution in [2.24, 2.45) is 5.73 Å². The quantitative estimate of drug-likeness (QED) is 0.858. The molecule has 3 nitrogen and oxygen atoms in total. The van der Waals surface area contributed by atoms with Gasteiger partial charge in [0.25, 0.3) is 0 Å². The number of amides is 1. The van der Waals surface area contributed by atoms with Crippen molar-refractivity contribution >= 4 is 17.2 Å². The Bertz CT molecular complexity index is 327. The Morgan fingerprint density at radius 3 is 2.75 bits per heavy atom. The van der Waals surface area contributed by atoms with Crippen LogP contribution >= 0.6 is 11.3 Å². The number of hydrogen-bond acceptors (Lipinski definition) is 3. The third kappa shape index (κ3) is 4.77. The average molecular weight is 240 g/mol. The molecule has 0 aliphatic carbocycles. The summed E-state index contributed by atoms with van der Waals surface area (Å²) >= 11 is 1.65. The Balaban J connectivity index is 2.37. The zero-order valence-corrected chi connectivity index (χ0v) is 11.0. The molecule has 0 fully saturated rings. The van der Waals surface area contributed by atoms with Crippen LogP contribution in [-0.2, 0) is 11.3 Å². The lowest BCUT2D eigenvalue weighted by atomic mass is 10.00. The summed E-state index contributed by atoms with van der Waals surface area (Å²) in [5.41, 5.74) is 6.77. The number of thiophene rings is 1. The molecule has 0 radical (unpaired) electrons. The summed E-state index contributed by atoms with van der Waals surface area (Å²) in [5, 5.41) is 4.09. The maximum atomic E-state index is 11.8. The van der Waals surface area contributed by atoms with Crippen LogP contribution in [-0.4, -0.2) is 23.4 Å². The van der Waals surface area contributed by atoms with E-state index in [-0.39, 0.29) is 11.4 Å². The van der Waals surface area contributed by atoms with Crippen LogP contribution in [0.2, 0.25) is 0 Å². The van der Waals surface area contributed by atoms with Crippen LogP contribution < -0.4 is 5.73 Å². The van der Waals surface area contributed by atoms with Crippen molar-refractivity contribution < 1.29 is 4.79 Å². The molecule has 16 heavy (non-hydrogen) atoms. The van der Waals surface area contributed by atoms with E-state index in [0.29, 0.717) is 13.0 Å². The third-order valence-corrected chi connectivity index (χ3v) is 3.14. The van der Waals surface area contributed by atoms with Crippen LogP contribution in [0.25, 0.3) is 0 Å². The molecule has 0 aliphatic rings. The van der Waals surface area contributed by atoms with Crippen molar-refractivity contribution in [2.75, 3.05) is 7.05 Å². The molecule has 1 aromatic rings. The summed E-state index contributed by atoms with van der Waals surface area (Å²) in [4.78, 5) is 13.5. The Kier molecular flexibility index (Phi) is 4.50. The summed E-state index contributed by atoms with van der Waals surface area (Å²) in [6, 6.07) is 2.04. The molecular formula is C12H20N2OS. The van der Waals surface area contributed by atoms with Crippen LogP contribution in [0.1, 0.15) is 32.3 Å². The monoisotopic (exact) mass is 240 g/mol. The second-order valence-electron chi connectivity index (χ2n) is 4.87. The van der Waals surface area contributed by atoms with Gasteiger partial charge in [-0.2, -0.15) is 11.3 Å². The summed E-state index contributed by atoms with van der Waals surface area (Å²) in [6.07, 6.45) is 1.24. The molecule has 4 heteroatoms. The largest absolute Gasteiger partial charge is 0.341 e. The van der Waals surface area contributed by atoms with Crippen LogP contribution in [0.4, 0.5) is 0 Å². The molecule has 0 spiro atoms. The van der Waals surface area contributed by atoms with E-state index in [9.17, 15) is 4.79 Å². The van der Waals surface area contributed by atoms with E-state index in [4.69, 9.17) is 5.73 Å². The van der Waals surface area contributed by atoms with Crippen molar-refractivity contribution in [3.63, 3.8) is 0 Å². The molecule has 0 bridgehead atoms. The molecule has 0 aliphatic heterocycles. The van der Waals surface area contributed by atoms with Gasteiger partial charge >= 0.3 is 0 Å². The van der Waals surface area contributed by atoms with Gasteiger partial charge in [-0.25, -0.2) is 0 Å². The Hall–Kier alpha value is -0.870. The minimum absolute atomic E-state index is 0.157. The van der Waals surface area contributed by atoms with Gasteiger partial charge < -0.3 is 10.6 Å². The maximum absolute atomic E-state index is 11.8. The van der Waals surface area contributed by atoms with Gasteiger partial charge in [-0.05, 0) is 42.7 Å². The highest BCUT2D eigenvalue weighted by atomic mass is 32.1.